The third kappa shape index (κ3) is 8.00. The van der Waals surface area contributed by atoms with E-state index in [1.165, 1.54) is 10.0 Å². The van der Waals surface area contributed by atoms with Crippen LogP contribution in [-0.2, 0) is 9.68 Å². The van der Waals surface area contributed by atoms with E-state index in [4.69, 9.17) is 9.68 Å². The van der Waals surface area contributed by atoms with Gasteiger partial charge in [0.15, 0.2) is 0 Å². The maximum Gasteiger partial charge on any atom is 0.233 e. The van der Waals surface area contributed by atoms with Gasteiger partial charge in [-0.25, -0.2) is 0 Å². The van der Waals surface area contributed by atoms with Crippen molar-refractivity contribution in [3.8, 4) is 0 Å². The molecule has 0 rings (SSSR count). The van der Waals surface area contributed by atoms with Crippen LogP contribution >= 0.6 is 0 Å². The Labute approximate surface area is 125 Å². The zero-order valence-electron chi connectivity index (χ0n) is 13.3. The van der Waals surface area contributed by atoms with Crippen LogP contribution in [0.1, 0.15) is 34.1 Å². The number of rotatable bonds is 12. The molecule has 0 aromatic carbocycles. The predicted octanol–water partition coefficient (Wildman–Crippen LogP) is 1.68. The molecule has 0 unspecified atom stereocenters. The highest BCUT2D eigenvalue weighted by Gasteiger charge is 2.07. The maximum atomic E-state index is 11.4. The van der Waals surface area contributed by atoms with Crippen LogP contribution in [0.5, 0.6) is 0 Å². The third-order valence-electron chi connectivity index (χ3n) is 2.67. The fraction of sp³-hybridized carbons (Fsp3) is 1.00. The lowest BCUT2D eigenvalue weighted by Crippen LogP contribution is -2.30. The van der Waals surface area contributed by atoms with Crippen LogP contribution in [0, 0.1) is 10.4 Å². The molecule has 0 aromatic rings. The maximum absolute atomic E-state index is 11.4. The van der Waals surface area contributed by atoms with Crippen molar-refractivity contribution in [2.75, 3.05) is 39.4 Å². The van der Waals surface area contributed by atoms with Gasteiger partial charge in [-0.2, -0.15) is 0 Å². The van der Waals surface area contributed by atoms with Gasteiger partial charge in [-0.05, 0) is 27.7 Å². The molecule has 0 fully saturated rings. The zero-order chi connectivity index (χ0) is 16.1. The monoisotopic (exact) mass is 306 g/mol. The first-order valence-electron chi connectivity index (χ1n) is 7.20. The molecular weight excluding hydrogens is 280 g/mol. The van der Waals surface area contributed by atoms with Crippen molar-refractivity contribution in [1.82, 2.24) is 10.0 Å². The van der Waals surface area contributed by atoms with E-state index in [2.05, 4.69) is 10.6 Å². The molecule has 0 aliphatic carbocycles. The van der Waals surface area contributed by atoms with E-state index in [0.29, 0.717) is 42.5 Å². The summed E-state index contributed by atoms with van der Waals surface area (Å²) in [6.45, 7) is 10.0. The lowest BCUT2D eigenvalue weighted by molar-refractivity contribution is -0.710. The summed E-state index contributed by atoms with van der Waals surface area (Å²) in [4.78, 5) is 10.5. The zero-order valence-corrected chi connectivity index (χ0v) is 13.3. The fourth-order valence-corrected chi connectivity index (χ4v) is 1.40. The second kappa shape index (κ2) is 11.8. The van der Waals surface area contributed by atoms with E-state index in [1.54, 1.807) is 0 Å². The SMILES string of the molecule is CCN(CC)[N+]([O-])=NOCCCON=[N+]([O-])N(CC)CC. The molecule has 21 heavy (non-hydrogen) atoms. The van der Waals surface area contributed by atoms with Gasteiger partial charge in [0.1, 0.15) is 13.2 Å². The van der Waals surface area contributed by atoms with Crippen LogP contribution < -0.4 is 0 Å². The lowest BCUT2D eigenvalue weighted by Gasteiger charge is -2.13. The number of hydrogen-bond donors (Lipinski definition) is 0. The molecule has 0 aliphatic rings. The highest BCUT2D eigenvalue weighted by molar-refractivity contribution is 4.31. The normalized spacial score (nSPS) is 12.2. The Kier molecular flexibility index (Phi) is 10.7. The van der Waals surface area contributed by atoms with Crippen molar-refractivity contribution in [3.63, 3.8) is 0 Å². The quantitative estimate of drug-likeness (QED) is 0.235. The van der Waals surface area contributed by atoms with Crippen LogP contribution in [0.15, 0.2) is 10.6 Å². The van der Waals surface area contributed by atoms with Gasteiger partial charge in [-0.3, -0.25) is 0 Å². The molecule has 124 valence electrons. The highest BCUT2D eigenvalue weighted by atomic mass is 16.7. The highest BCUT2D eigenvalue weighted by Crippen LogP contribution is 1.94. The average Bonchev–Trinajstić information content (AvgIpc) is 2.48. The molecule has 0 saturated heterocycles. The number of nitrogens with zero attached hydrogens (tertiary/aromatic N) is 6. The van der Waals surface area contributed by atoms with Crippen molar-refractivity contribution < 1.29 is 19.6 Å². The minimum atomic E-state index is 0.208. The second-order valence-corrected chi connectivity index (χ2v) is 3.97. The summed E-state index contributed by atoms with van der Waals surface area (Å²) < 4.78 is 0. The molecule has 0 heterocycles. The topological polar surface area (TPSA) is 102 Å². The Balaban J connectivity index is 3.82. The summed E-state index contributed by atoms with van der Waals surface area (Å²) in [5.74, 6) is 0. The van der Waals surface area contributed by atoms with E-state index in [-0.39, 0.29) is 13.2 Å². The van der Waals surface area contributed by atoms with E-state index >= 15 is 0 Å². The van der Waals surface area contributed by atoms with Crippen LogP contribution in [-0.4, -0.2) is 59.3 Å². The van der Waals surface area contributed by atoms with Crippen LogP contribution in [0.2, 0.25) is 0 Å². The van der Waals surface area contributed by atoms with Crippen LogP contribution in [0.25, 0.3) is 0 Å². The Bertz CT molecular complexity index is 288. The molecular formula is C11H26N6O4. The summed E-state index contributed by atoms with van der Waals surface area (Å²) in [7, 11) is 0. The first kappa shape index (κ1) is 19.0. The van der Waals surface area contributed by atoms with Gasteiger partial charge in [0.2, 0.25) is 10.6 Å². The molecule has 10 nitrogen and oxygen atoms in total. The van der Waals surface area contributed by atoms with Gasteiger partial charge in [0, 0.05) is 6.42 Å². The van der Waals surface area contributed by atoms with E-state index in [9.17, 15) is 10.4 Å². The van der Waals surface area contributed by atoms with Gasteiger partial charge >= 0.3 is 0 Å². The van der Waals surface area contributed by atoms with Gasteiger partial charge < -0.3 is 20.1 Å². The van der Waals surface area contributed by atoms with Crippen molar-refractivity contribution in [2.45, 2.75) is 34.1 Å². The van der Waals surface area contributed by atoms with Gasteiger partial charge in [-0.1, -0.05) is 0 Å². The van der Waals surface area contributed by atoms with Crippen molar-refractivity contribution in [3.05, 3.63) is 10.4 Å². The molecule has 0 bridgehead atoms. The summed E-state index contributed by atoms with van der Waals surface area (Å²) in [6, 6.07) is 0. The van der Waals surface area contributed by atoms with Crippen LogP contribution in [0.3, 0.4) is 0 Å². The molecule has 0 aromatic heterocycles. The molecule has 0 saturated carbocycles. The molecule has 0 aliphatic heterocycles. The first-order valence-corrected chi connectivity index (χ1v) is 7.20. The standard InChI is InChI=1S/C11H26N6O4/c1-5-14(6-2)16(18)12-20-10-9-11-21-13-17(19)15(7-3)8-4/h5-11H2,1-4H3. The largest absolute Gasteiger partial charge is 0.569 e. The smallest absolute Gasteiger partial charge is 0.233 e. The van der Waals surface area contributed by atoms with Gasteiger partial charge in [0.25, 0.3) is 0 Å². The first-order chi connectivity index (χ1) is 10.1. The number of hydrazine groups is 2. The van der Waals surface area contributed by atoms with Crippen molar-refractivity contribution in [2.24, 2.45) is 10.6 Å². The summed E-state index contributed by atoms with van der Waals surface area (Å²) in [5, 5.41) is 32.5. The lowest BCUT2D eigenvalue weighted by atomic mass is 10.5. The summed E-state index contributed by atoms with van der Waals surface area (Å²) >= 11 is 0. The molecule has 0 spiro atoms. The van der Waals surface area contributed by atoms with Crippen LogP contribution in [0.4, 0.5) is 0 Å². The van der Waals surface area contributed by atoms with E-state index in [0.717, 1.165) is 0 Å². The average molecular weight is 306 g/mol. The van der Waals surface area contributed by atoms with Gasteiger partial charge in [-0.15, -0.1) is 10.0 Å². The Morgan fingerprint density at radius 2 is 1.10 bits per heavy atom. The molecule has 10 heteroatoms. The Morgan fingerprint density at radius 1 is 0.762 bits per heavy atom. The fourth-order valence-electron chi connectivity index (χ4n) is 1.40. The minimum Gasteiger partial charge on any atom is -0.569 e. The molecule has 0 N–H and O–H groups in total. The molecule has 0 amide bonds. The second-order valence-electron chi connectivity index (χ2n) is 3.97. The van der Waals surface area contributed by atoms with Crippen molar-refractivity contribution >= 4 is 0 Å². The van der Waals surface area contributed by atoms with Crippen molar-refractivity contribution in [1.29, 1.82) is 0 Å². The Hall–Kier alpha value is -2.00. The third-order valence-corrected chi connectivity index (χ3v) is 2.67. The van der Waals surface area contributed by atoms with E-state index < -0.39 is 0 Å². The molecule has 0 radical (unpaired) electrons. The minimum absolute atomic E-state index is 0.208. The van der Waals surface area contributed by atoms with Gasteiger partial charge in [0.05, 0.1) is 36.1 Å². The summed E-state index contributed by atoms with van der Waals surface area (Å²) in [6.07, 6.45) is 0.463. The molecule has 0 atom stereocenters. The summed E-state index contributed by atoms with van der Waals surface area (Å²) in [5.41, 5.74) is 0. The van der Waals surface area contributed by atoms with E-state index in [1.807, 2.05) is 27.7 Å². The Morgan fingerprint density at radius 3 is 1.38 bits per heavy atom. The number of hydrogen-bond acceptors (Lipinski definition) is 6. The predicted molar refractivity (Wildman–Crippen MR) is 74.5 cm³/mol.